The molecule has 0 unspecified atom stereocenters. The quantitative estimate of drug-likeness (QED) is 0.610. The zero-order valence-electron chi connectivity index (χ0n) is 6.22. The van der Waals surface area contributed by atoms with Crippen LogP contribution in [0.15, 0.2) is 22.7 Å². The highest BCUT2D eigenvalue weighted by atomic mass is 16.5. The standard InChI is InChI=1S/C8H8N2O/c1-5-2-3-6-7(4-5)11-10-8(6)9/h2-4H,1H3,(H2,9,10)/p+1. The van der Waals surface area contributed by atoms with Crippen LogP contribution in [0.2, 0.25) is 0 Å². The maximum absolute atomic E-state index is 5.58. The number of hydrogen-bond acceptors (Lipinski definition) is 2. The summed E-state index contributed by atoms with van der Waals surface area (Å²) in [5.41, 5.74) is 7.55. The summed E-state index contributed by atoms with van der Waals surface area (Å²) in [6.45, 7) is 2.01. The second-order valence-electron chi connectivity index (χ2n) is 2.62. The number of aromatic nitrogens is 1. The summed E-state index contributed by atoms with van der Waals surface area (Å²) < 4.78 is 5.08. The average molecular weight is 149 g/mol. The van der Waals surface area contributed by atoms with Gasteiger partial charge in [-0.05, 0) is 24.6 Å². The van der Waals surface area contributed by atoms with Gasteiger partial charge < -0.3 is 4.52 Å². The number of aryl methyl sites for hydroxylation is 1. The van der Waals surface area contributed by atoms with Crippen LogP contribution in [0, 0.1) is 6.92 Å². The van der Waals surface area contributed by atoms with Crippen molar-refractivity contribution in [2.75, 3.05) is 5.73 Å². The fourth-order valence-electron chi connectivity index (χ4n) is 1.10. The van der Waals surface area contributed by atoms with Crippen molar-refractivity contribution in [2.45, 2.75) is 6.92 Å². The van der Waals surface area contributed by atoms with E-state index in [9.17, 15) is 0 Å². The Bertz CT molecular complexity index is 392. The van der Waals surface area contributed by atoms with E-state index >= 15 is 0 Å². The zero-order valence-corrected chi connectivity index (χ0v) is 6.22. The lowest BCUT2D eigenvalue weighted by Crippen LogP contribution is -2.02. The predicted octanol–water partition coefficient (Wildman–Crippen LogP) is 1.14. The van der Waals surface area contributed by atoms with Gasteiger partial charge in [0.15, 0.2) is 5.58 Å². The van der Waals surface area contributed by atoms with Gasteiger partial charge in [-0.15, -0.1) is 0 Å². The van der Waals surface area contributed by atoms with Crippen LogP contribution in [0.25, 0.3) is 11.0 Å². The summed E-state index contributed by atoms with van der Waals surface area (Å²) in [5, 5.41) is 3.55. The van der Waals surface area contributed by atoms with Gasteiger partial charge in [-0.1, -0.05) is 11.2 Å². The summed E-state index contributed by atoms with van der Waals surface area (Å²) in [6.07, 6.45) is 0. The molecule has 3 heteroatoms. The van der Waals surface area contributed by atoms with E-state index in [1.165, 1.54) is 5.56 Å². The molecule has 3 N–H and O–H groups in total. The van der Waals surface area contributed by atoms with Crippen molar-refractivity contribution < 1.29 is 9.68 Å². The van der Waals surface area contributed by atoms with Crippen molar-refractivity contribution in [3.05, 3.63) is 23.8 Å². The van der Waals surface area contributed by atoms with Gasteiger partial charge >= 0.3 is 5.82 Å². The molecule has 0 radical (unpaired) electrons. The third-order valence-corrected chi connectivity index (χ3v) is 1.70. The molecule has 0 saturated carbocycles. The molecule has 11 heavy (non-hydrogen) atoms. The first-order valence-electron chi connectivity index (χ1n) is 3.43. The van der Waals surface area contributed by atoms with Crippen LogP contribution < -0.4 is 10.9 Å². The van der Waals surface area contributed by atoms with Crippen molar-refractivity contribution in [1.82, 2.24) is 0 Å². The summed E-state index contributed by atoms with van der Waals surface area (Å²) >= 11 is 0. The molecular weight excluding hydrogens is 140 g/mol. The average Bonchev–Trinajstić information content (AvgIpc) is 2.32. The number of fused-ring (bicyclic) bond motifs is 1. The number of rotatable bonds is 0. The monoisotopic (exact) mass is 149 g/mol. The molecule has 0 aliphatic rings. The van der Waals surface area contributed by atoms with E-state index in [0.717, 1.165) is 11.0 Å². The molecule has 1 aromatic heterocycles. The molecule has 0 amide bonds. The highest BCUT2D eigenvalue weighted by Crippen LogP contribution is 2.17. The van der Waals surface area contributed by atoms with E-state index in [-0.39, 0.29) is 0 Å². The number of benzene rings is 1. The Morgan fingerprint density at radius 1 is 1.45 bits per heavy atom. The maximum atomic E-state index is 5.58. The van der Waals surface area contributed by atoms with Crippen LogP contribution in [-0.2, 0) is 0 Å². The van der Waals surface area contributed by atoms with Gasteiger partial charge in [0.1, 0.15) is 5.39 Å². The van der Waals surface area contributed by atoms with E-state index in [1.807, 2.05) is 25.1 Å². The van der Waals surface area contributed by atoms with Gasteiger partial charge in [0.05, 0.1) is 0 Å². The van der Waals surface area contributed by atoms with Gasteiger partial charge in [0, 0.05) is 0 Å². The van der Waals surface area contributed by atoms with Gasteiger partial charge in [-0.3, -0.25) is 5.73 Å². The largest absolute Gasteiger partial charge is 0.315 e. The number of nitrogen functional groups attached to an aromatic ring is 1. The van der Waals surface area contributed by atoms with Crippen molar-refractivity contribution in [2.24, 2.45) is 0 Å². The first-order chi connectivity index (χ1) is 5.27. The van der Waals surface area contributed by atoms with Gasteiger partial charge in [0.2, 0.25) is 0 Å². The lowest BCUT2D eigenvalue weighted by atomic mass is 10.2. The van der Waals surface area contributed by atoms with Gasteiger partial charge in [-0.25, -0.2) is 0 Å². The topological polar surface area (TPSA) is 53.3 Å². The SMILES string of the molecule is Cc1ccc2c(N)[nH+]oc2c1. The molecule has 0 spiro atoms. The number of anilines is 1. The van der Waals surface area contributed by atoms with Crippen molar-refractivity contribution in [3.8, 4) is 0 Å². The Hall–Kier alpha value is -1.51. The van der Waals surface area contributed by atoms with E-state index in [1.54, 1.807) is 0 Å². The number of nitrogens with two attached hydrogens (primary N) is 1. The van der Waals surface area contributed by atoms with Crippen LogP contribution in [0.1, 0.15) is 5.56 Å². The number of H-pyrrole nitrogens is 1. The molecule has 1 aromatic carbocycles. The highest BCUT2D eigenvalue weighted by Gasteiger charge is 2.07. The number of hydrogen-bond donors (Lipinski definition) is 1. The van der Waals surface area contributed by atoms with Crippen molar-refractivity contribution in [1.29, 1.82) is 0 Å². The Morgan fingerprint density at radius 2 is 2.27 bits per heavy atom. The van der Waals surface area contributed by atoms with E-state index in [2.05, 4.69) is 5.16 Å². The van der Waals surface area contributed by atoms with Crippen molar-refractivity contribution in [3.63, 3.8) is 0 Å². The highest BCUT2D eigenvalue weighted by molar-refractivity contribution is 5.85. The minimum Gasteiger partial charge on any atom is -0.303 e. The second-order valence-corrected chi connectivity index (χ2v) is 2.62. The van der Waals surface area contributed by atoms with E-state index < -0.39 is 0 Å². The van der Waals surface area contributed by atoms with E-state index in [4.69, 9.17) is 10.3 Å². The molecule has 56 valence electrons. The van der Waals surface area contributed by atoms with Crippen LogP contribution >= 0.6 is 0 Å². The lowest BCUT2D eigenvalue weighted by molar-refractivity contribution is -0.590. The maximum Gasteiger partial charge on any atom is 0.315 e. The summed E-state index contributed by atoms with van der Waals surface area (Å²) in [6, 6.07) is 5.89. The lowest BCUT2D eigenvalue weighted by Gasteiger charge is -1.86. The molecule has 2 aromatic rings. The fourth-order valence-corrected chi connectivity index (χ4v) is 1.10. The first kappa shape index (κ1) is 6.22. The molecule has 0 saturated heterocycles. The van der Waals surface area contributed by atoms with Crippen LogP contribution in [0.4, 0.5) is 5.82 Å². The Balaban J connectivity index is 2.86. The van der Waals surface area contributed by atoms with Crippen molar-refractivity contribution >= 4 is 16.8 Å². The molecule has 0 aliphatic heterocycles. The Kier molecular flexibility index (Phi) is 1.12. The molecular formula is C8H9N2O+. The number of nitrogens with one attached hydrogen (secondary N) is 1. The molecule has 0 fully saturated rings. The summed E-state index contributed by atoms with van der Waals surface area (Å²) in [5.74, 6) is 0.583. The smallest absolute Gasteiger partial charge is 0.303 e. The van der Waals surface area contributed by atoms with Crippen LogP contribution in [0.3, 0.4) is 0 Å². The second kappa shape index (κ2) is 1.99. The Labute approximate surface area is 63.8 Å². The molecule has 0 aliphatic carbocycles. The third kappa shape index (κ3) is 0.852. The summed E-state index contributed by atoms with van der Waals surface area (Å²) in [4.78, 5) is 0. The Morgan fingerprint density at radius 3 is 3.09 bits per heavy atom. The minimum atomic E-state index is 0.583. The van der Waals surface area contributed by atoms with Gasteiger partial charge in [0.25, 0.3) is 0 Å². The molecule has 2 rings (SSSR count). The third-order valence-electron chi connectivity index (χ3n) is 1.70. The molecule has 0 atom stereocenters. The summed E-state index contributed by atoms with van der Waals surface area (Å²) in [7, 11) is 0. The van der Waals surface area contributed by atoms with Crippen LogP contribution in [-0.4, -0.2) is 0 Å². The first-order valence-corrected chi connectivity index (χ1v) is 3.43. The fraction of sp³-hybridized carbons (Fsp3) is 0.125. The minimum absolute atomic E-state index is 0.583. The van der Waals surface area contributed by atoms with E-state index in [0.29, 0.717) is 5.82 Å². The molecule has 0 bridgehead atoms. The molecule has 1 heterocycles. The zero-order chi connectivity index (χ0) is 7.84. The molecule has 3 nitrogen and oxygen atoms in total. The normalized spacial score (nSPS) is 10.6. The van der Waals surface area contributed by atoms with Gasteiger partial charge in [-0.2, -0.15) is 0 Å². The predicted molar refractivity (Wildman–Crippen MR) is 41.9 cm³/mol. The number of aromatic amines is 1. The van der Waals surface area contributed by atoms with Crippen LogP contribution in [0.5, 0.6) is 0 Å².